The number of rotatable bonds is 9. The van der Waals surface area contributed by atoms with Crippen LogP contribution in [0.4, 0.5) is 0 Å². The molecule has 1 aromatic carbocycles. The summed E-state index contributed by atoms with van der Waals surface area (Å²) in [5, 5.41) is 8.48. The molecule has 1 N–H and O–H groups in total. The number of aliphatic hydroxyl groups is 1. The minimum absolute atomic E-state index is 0.00545. The van der Waals surface area contributed by atoms with Crippen LogP contribution in [0.5, 0.6) is 5.75 Å². The summed E-state index contributed by atoms with van der Waals surface area (Å²) >= 11 is 5.88. The molecule has 0 aliphatic heterocycles. The second-order valence-corrected chi connectivity index (χ2v) is 4.61. The van der Waals surface area contributed by atoms with Gasteiger partial charge in [-0.1, -0.05) is 18.2 Å². The number of para-hydroxylation sites is 1. The monoisotopic (exact) mass is 304 g/mol. The maximum atomic E-state index is 8.48. The van der Waals surface area contributed by atoms with Gasteiger partial charge in [0, 0.05) is 0 Å². The minimum Gasteiger partial charge on any atom is -0.457 e. The topological polar surface area (TPSA) is 57.2 Å². The lowest BCUT2D eigenvalue weighted by molar-refractivity contribution is 0.0747. The first kappa shape index (κ1) is 16.2. The van der Waals surface area contributed by atoms with Gasteiger partial charge in [0.25, 0.3) is 4.38 Å². The second kappa shape index (κ2) is 11.0. The fourth-order valence-corrected chi connectivity index (χ4v) is 1.57. The molecule has 0 aromatic heterocycles. The third-order valence-electron chi connectivity index (χ3n) is 1.82. The van der Waals surface area contributed by atoms with Gasteiger partial charge in [-0.05, 0) is 24.4 Å². The zero-order valence-electron chi connectivity index (χ0n) is 10.3. The predicted octanol–water partition coefficient (Wildman–Crippen LogP) is 2.00. The molecule has 5 nitrogen and oxygen atoms in total. The number of thiocarbonyl (C=S) groups is 1. The van der Waals surface area contributed by atoms with E-state index in [2.05, 4.69) is 0 Å². The van der Waals surface area contributed by atoms with Crippen molar-refractivity contribution in [3.05, 3.63) is 30.3 Å². The molecule has 0 bridgehead atoms. The molecule has 1 aromatic rings. The molecule has 1 rings (SSSR count). The van der Waals surface area contributed by atoms with E-state index in [-0.39, 0.29) is 17.8 Å². The Bertz CT molecular complexity index is 347. The van der Waals surface area contributed by atoms with Crippen LogP contribution < -0.4 is 4.74 Å². The van der Waals surface area contributed by atoms with Gasteiger partial charge in [-0.2, -0.15) is 0 Å². The molecule has 0 aliphatic carbocycles. The molecule has 19 heavy (non-hydrogen) atoms. The fraction of sp³-hybridized carbons (Fsp3) is 0.417. The quantitative estimate of drug-likeness (QED) is 0.324. The molecular formula is C12H16O5S2. The molecule has 0 saturated heterocycles. The molecule has 0 radical (unpaired) electrons. The first-order valence-corrected chi connectivity index (χ1v) is 6.80. The van der Waals surface area contributed by atoms with Crippen molar-refractivity contribution in [2.45, 2.75) is 0 Å². The molecule has 7 heteroatoms. The maximum absolute atomic E-state index is 8.48. The van der Waals surface area contributed by atoms with E-state index >= 15 is 0 Å². The summed E-state index contributed by atoms with van der Waals surface area (Å²) in [5.74, 6) is 0.716. The number of benzene rings is 1. The molecule has 0 atom stereocenters. The summed E-state index contributed by atoms with van der Waals surface area (Å²) in [6.07, 6.45) is 0. The van der Waals surface area contributed by atoms with Crippen molar-refractivity contribution in [3.63, 3.8) is 0 Å². The smallest absolute Gasteiger partial charge is 0.250 e. The van der Waals surface area contributed by atoms with Gasteiger partial charge in [-0.15, -0.1) is 0 Å². The van der Waals surface area contributed by atoms with Gasteiger partial charge in [0.15, 0.2) is 0 Å². The van der Waals surface area contributed by atoms with Crippen LogP contribution in [0.3, 0.4) is 0 Å². The number of ether oxygens (including phenoxy) is 3. The average Bonchev–Trinajstić information content (AvgIpc) is 2.44. The van der Waals surface area contributed by atoms with Crippen molar-refractivity contribution in [3.8, 4) is 5.75 Å². The molecule has 0 unspecified atom stereocenters. The van der Waals surface area contributed by atoms with Gasteiger partial charge >= 0.3 is 0 Å². The van der Waals surface area contributed by atoms with Gasteiger partial charge in [-0.25, -0.2) is 0 Å². The van der Waals surface area contributed by atoms with Crippen molar-refractivity contribution in [1.82, 2.24) is 0 Å². The minimum atomic E-state index is 0.00545. The highest BCUT2D eigenvalue weighted by Gasteiger charge is 2.00. The van der Waals surface area contributed by atoms with Crippen LogP contribution in [0.2, 0.25) is 0 Å². The van der Waals surface area contributed by atoms with E-state index < -0.39 is 0 Å². The van der Waals surface area contributed by atoms with Gasteiger partial charge in [0.2, 0.25) is 6.79 Å². The molecule has 0 spiro atoms. The maximum Gasteiger partial charge on any atom is 0.250 e. The molecule has 0 fully saturated rings. The summed E-state index contributed by atoms with van der Waals surface area (Å²) in [5.41, 5.74) is 0. The van der Waals surface area contributed by atoms with Gasteiger partial charge < -0.3 is 23.5 Å². The Labute approximate surface area is 122 Å². The zero-order chi connectivity index (χ0) is 13.8. The predicted molar refractivity (Wildman–Crippen MR) is 77.1 cm³/mol. The van der Waals surface area contributed by atoms with Gasteiger partial charge in [-0.3, -0.25) is 0 Å². The van der Waals surface area contributed by atoms with E-state index in [4.69, 9.17) is 35.7 Å². The number of hydrogen-bond acceptors (Lipinski definition) is 7. The number of hydrogen-bond donors (Lipinski definition) is 1. The Morgan fingerprint density at radius 2 is 1.95 bits per heavy atom. The van der Waals surface area contributed by atoms with Crippen molar-refractivity contribution in [1.29, 1.82) is 0 Å². The highest BCUT2D eigenvalue weighted by molar-refractivity contribution is 8.19. The first-order chi connectivity index (χ1) is 9.33. The van der Waals surface area contributed by atoms with Crippen LogP contribution in [0.1, 0.15) is 0 Å². The van der Waals surface area contributed by atoms with Crippen molar-refractivity contribution in [2.75, 3.05) is 33.2 Å². The van der Waals surface area contributed by atoms with E-state index in [0.29, 0.717) is 25.6 Å². The fourth-order valence-electron chi connectivity index (χ4n) is 1.04. The van der Waals surface area contributed by atoms with Crippen molar-refractivity contribution < 1.29 is 23.5 Å². The zero-order valence-corrected chi connectivity index (χ0v) is 12.0. The van der Waals surface area contributed by atoms with E-state index in [1.165, 1.54) is 0 Å². The summed E-state index contributed by atoms with van der Waals surface area (Å²) in [7, 11) is 0. The molecule has 106 valence electrons. The molecular weight excluding hydrogens is 288 g/mol. The van der Waals surface area contributed by atoms with Crippen LogP contribution in [0.15, 0.2) is 30.3 Å². The third kappa shape index (κ3) is 8.79. The molecule has 0 saturated carbocycles. The molecule has 0 heterocycles. The lowest BCUT2D eigenvalue weighted by Crippen LogP contribution is -2.08. The van der Waals surface area contributed by atoms with Crippen LogP contribution in [0.25, 0.3) is 0 Å². The summed E-state index contributed by atoms with van der Waals surface area (Å²) < 4.78 is 20.8. The first-order valence-electron chi connectivity index (χ1n) is 5.65. The lowest BCUT2D eigenvalue weighted by Gasteiger charge is -2.08. The Hall–Kier alpha value is -0.860. The summed E-state index contributed by atoms with van der Waals surface area (Å²) in [6.45, 7) is 1.12. The number of aliphatic hydroxyl groups excluding tert-OH is 1. The molecule has 0 aliphatic rings. The van der Waals surface area contributed by atoms with E-state index in [0.717, 1.165) is 12.0 Å². The van der Waals surface area contributed by atoms with E-state index in [1.807, 2.05) is 30.3 Å². The van der Waals surface area contributed by atoms with Crippen LogP contribution in [0, 0.1) is 0 Å². The van der Waals surface area contributed by atoms with Gasteiger partial charge in [0.05, 0.1) is 38.5 Å². The second-order valence-electron chi connectivity index (χ2n) is 3.21. The third-order valence-corrected chi connectivity index (χ3v) is 2.68. The van der Waals surface area contributed by atoms with Crippen LogP contribution in [-0.2, 0) is 13.7 Å². The highest BCUT2D eigenvalue weighted by atomic mass is 32.2. The lowest BCUT2D eigenvalue weighted by atomic mass is 10.3. The Morgan fingerprint density at radius 3 is 2.68 bits per heavy atom. The Balaban J connectivity index is 1.96. The Kier molecular flexibility index (Phi) is 9.38. The SMILES string of the molecule is OCCOCCOSC(=S)OCOc1ccccc1. The summed E-state index contributed by atoms with van der Waals surface area (Å²) in [6, 6.07) is 9.31. The van der Waals surface area contributed by atoms with Crippen LogP contribution in [-0.4, -0.2) is 42.7 Å². The van der Waals surface area contributed by atoms with E-state index in [1.54, 1.807) is 0 Å². The summed E-state index contributed by atoms with van der Waals surface area (Å²) in [4.78, 5) is 0. The van der Waals surface area contributed by atoms with Crippen LogP contribution >= 0.6 is 24.3 Å². The van der Waals surface area contributed by atoms with Crippen molar-refractivity contribution in [2.24, 2.45) is 0 Å². The van der Waals surface area contributed by atoms with Gasteiger partial charge in [0.1, 0.15) is 5.75 Å². The molecule has 0 amide bonds. The largest absolute Gasteiger partial charge is 0.457 e. The highest BCUT2D eigenvalue weighted by Crippen LogP contribution is 2.10. The average molecular weight is 304 g/mol. The van der Waals surface area contributed by atoms with Crippen molar-refractivity contribution >= 4 is 28.6 Å². The van der Waals surface area contributed by atoms with E-state index in [9.17, 15) is 0 Å². The standard InChI is InChI=1S/C12H16O5S2/c13-6-7-14-8-9-17-19-12(18)16-10-15-11-4-2-1-3-5-11/h1-5,13H,6-10H2. The normalized spacial score (nSPS) is 10.2. The Morgan fingerprint density at radius 1 is 1.16 bits per heavy atom.